The van der Waals surface area contributed by atoms with Gasteiger partial charge in [0.2, 0.25) is 0 Å². The van der Waals surface area contributed by atoms with E-state index in [1.165, 1.54) is 0 Å². The van der Waals surface area contributed by atoms with Crippen LogP contribution in [0.15, 0.2) is 43.5 Å². The molecule has 1 atom stereocenters. The highest BCUT2D eigenvalue weighted by Gasteiger charge is 2.43. The molecule has 0 aliphatic heterocycles. The predicted molar refractivity (Wildman–Crippen MR) is 62.7 cm³/mol. The van der Waals surface area contributed by atoms with Gasteiger partial charge in [0, 0.05) is 5.56 Å². The molecule has 0 heterocycles. The smallest absolute Gasteiger partial charge is 0.174 e. The molecule has 1 aromatic carbocycles. The first-order valence-corrected chi connectivity index (χ1v) is 5.06. The second kappa shape index (κ2) is 3.20. The Hall–Kier alpha value is -1.63. The van der Waals surface area contributed by atoms with Gasteiger partial charge in [0.15, 0.2) is 5.78 Å². The van der Waals surface area contributed by atoms with Crippen LogP contribution in [0.2, 0.25) is 0 Å². The van der Waals surface area contributed by atoms with E-state index in [1.54, 1.807) is 6.08 Å². The third-order valence-electron chi connectivity index (χ3n) is 3.22. The molecule has 76 valence electrons. The number of benzene rings is 1. The molecular formula is C14H14O. The Morgan fingerprint density at radius 2 is 1.93 bits per heavy atom. The summed E-state index contributed by atoms with van der Waals surface area (Å²) in [7, 11) is 0. The fourth-order valence-electron chi connectivity index (χ4n) is 2.18. The Balaban J connectivity index is 2.59. The van der Waals surface area contributed by atoms with Crippen LogP contribution in [0.25, 0.3) is 5.57 Å². The third-order valence-corrected chi connectivity index (χ3v) is 3.22. The third kappa shape index (κ3) is 1.19. The highest BCUT2D eigenvalue weighted by Crippen LogP contribution is 2.47. The first-order valence-electron chi connectivity index (χ1n) is 5.06. The molecule has 1 heteroatoms. The number of hydrogen-bond donors (Lipinski definition) is 0. The maximum absolute atomic E-state index is 12.2. The van der Waals surface area contributed by atoms with Gasteiger partial charge in [-0.1, -0.05) is 36.9 Å². The zero-order valence-corrected chi connectivity index (χ0v) is 8.92. The molecule has 0 saturated heterocycles. The van der Waals surface area contributed by atoms with Crippen LogP contribution in [0, 0.1) is 5.41 Å². The van der Waals surface area contributed by atoms with Crippen LogP contribution in [0.5, 0.6) is 0 Å². The van der Waals surface area contributed by atoms with Crippen LogP contribution >= 0.6 is 0 Å². The Morgan fingerprint density at radius 3 is 2.47 bits per heavy atom. The van der Waals surface area contributed by atoms with Crippen molar-refractivity contribution in [3.8, 4) is 0 Å². The van der Waals surface area contributed by atoms with Gasteiger partial charge in [0.25, 0.3) is 0 Å². The highest BCUT2D eigenvalue weighted by atomic mass is 16.1. The Labute approximate surface area is 90.1 Å². The van der Waals surface area contributed by atoms with Crippen LogP contribution in [0.1, 0.15) is 29.3 Å². The topological polar surface area (TPSA) is 17.1 Å². The molecule has 0 radical (unpaired) electrons. The molecular weight excluding hydrogens is 184 g/mol. The van der Waals surface area contributed by atoms with E-state index in [2.05, 4.69) is 13.2 Å². The average Bonchev–Trinajstić information content (AvgIpc) is 2.43. The summed E-state index contributed by atoms with van der Waals surface area (Å²) in [6.07, 6.45) is 2.44. The summed E-state index contributed by atoms with van der Waals surface area (Å²) in [6, 6.07) is 7.67. The summed E-state index contributed by atoms with van der Waals surface area (Å²) in [5.74, 6) is 0.169. The molecule has 0 amide bonds. The van der Waals surface area contributed by atoms with Gasteiger partial charge >= 0.3 is 0 Å². The van der Waals surface area contributed by atoms with Gasteiger partial charge < -0.3 is 0 Å². The Morgan fingerprint density at radius 1 is 1.33 bits per heavy atom. The van der Waals surface area contributed by atoms with Crippen LogP contribution < -0.4 is 0 Å². The van der Waals surface area contributed by atoms with E-state index in [0.29, 0.717) is 6.42 Å². The quantitative estimate of drug-likeness (QED) is 0.665. The molecule has 0 aromatic heterocycles. The van der Waals surface area contributed by atoms with Crippen molar-refractivity contribution >= 4 is 11.4 Å². The number of Topliss-reactive ketones (excluding diaryl/α,β-unsaturated/α-hetero) is 1. The van der Waals surface area contributed by atoms with Crippen molar-refractivity contribution in [2.24, 2.45) is 5.41 Å². The Bertz CT molecular complexity index is 419. The molecule has 0 N–H and O–H groups in total. The summed E-state index contributed by atoms with van der Waals surface area (Å²) in [5, 5.41) is 0. The number of carbonyl (C=O) groups excluding carboxylic acids is 1. The zero-order chi connectivity index (χ0) is 11.1. The van der Waals surface area contributed by atoms with Gasteiger partial charge in [-0.25, -0.2) is 0 Å². The number of allylic oxidation sites excluding steroid dienone is 2. The molecule has 1 aliphatic rings. The number of rotatable bonds is 2. The minimum absolute atomic E-state index is 0.169. The Kier molecular flexibility index (Phi) is 2.11. The lowest BCUT2D eigenvalue weighted by molar-refractivity contribution is 0.0893. The lowest BCUT2D eigenvalue weighted by atomic mass is 9.79. The van der Waals surface area contributed by atoms with Crippen LogP contribution in [0.3, 0.4) is 0 Å². The minimum Gasteiger partial charge on any atom is -0.293 e. The fraction of sp³-hybridized carbons (Fsp3) is 0.214. The fourth-order valence-corrected chi connectivity index (χ4v) is 2.18. The van der Waals surface area contributed by atoms with Crippen molar-refractivity contribution in [1.82, 2.24) is 0 Å². The van der Waals surface area contributed by atoms with Gasteiger partial charge in [-0.15, -0.1) is 6.58 Å². The molecule has 0 bridgehead atoms. The SMILES string of the molecule is C=CCC1(C)C(=C)c2ccccc2C1=O. The molecule has 1 aromatic rings. The first kappa shape index (κ1) is 9.91. The van der Waals surface area contributed by atoms with Crippen molar-refractivity contribution in [2.75, 3.05) is 0 Å². The lowest BCUT2D eigenvalue weighted by Gasteiger charge is -2.21. The second-order valence-electron chi connectivity index (χ2n) is 4.18. The van der Waals surface area contributed by atoms with Crippen molar-refractivity contribution < 1.29 is 4.79 Å². The molecule has 1 nitrogen and oxygen atoms in total. The molecule has 0 fully saturated rings. The second-order valence-corrected chi connectivity index (χ2v) is 4.18. The summed E-state index contributed by atoms with van der Waals surface area (Å²) >= 11 is 0. The highest BCUT2D eigenvalue weighted by molar-refractivity contribution is 6.16. The van der Waals surface area contributed by atoms with E-state index < -0.39 is 5.41 Å². The number of hydrogen-bond acceptors (Lipinski definition) is 1. The first-order chi connectivity index (χ1) is 7.11. The number of ketones is 1. The number of carbonyl (C=O) groups is 1. The maximum Gasteiger partial charge on any atom is 0.174 e. The summed E-state index contributed by atoms with van der Waals surface area (Å²) < 4.78 is 0. The number of fused-ring (bicyclic) bond motifs is 1. The van der Waals surface area contributed by atoms with Crippen LogP contribution in [0.4, 0.5) is 0 Å². The van der Waals surface area contributed by atoms with E-state index in [0.717, 1.165) is 16.7 Å². The van der Waals surface area contributed by atoms with Crippen molar-refractivity contribution in [1.29, 1.82) is 0 Å². The van der Waals surface area contributed by atoms with Gasteiger partial charge in [-0.3, -0.25) is 4.79 Å². The van der Waals surface area contributed by atoms with E-state index in [-0.39, 0.29) is 5.78 Å². The molecule has 0 spiro atoms. The molecule has 1 unspecified atom stereocenters. The summed E-state index contributed by atoms with van der Waals surface area (Å²) in [6.45, 7) is 9.70. The van der Waals surface area contributed by atoms with Gasteiger partial charge in [0.05, 0.1) is 5.41 Å². The summed E-state index contributed by atoms with van der Waals surface area (Å²) in [4.78, 5) is 12.2. The normalized spacial score (nSPS) is 24.1. The molecule has 1 aliphatic carbocycles. The van der Waals surface area contributed by atoms with Crippen LogP contribution in [-0.4, -0.2) is 5.78 Å². The summed E-state index contributed by atoms with van der Waals surface area (Å²) in [5.41, 5.74) is 2.23. The maximum atomic E-state index is 12.2. The van der Waals surface area contributed by atoms with Crippen LogP contribution in [-0.2, 0) is 0 Å². The average molecular weight is 198 g/mol. The monoisotopic (exact) mass is 198 g/mol. The standard InChI is InChI=1S/C14H14O/c1-4-9-14(3)10(2)11-7-5-6-8-12(11)13(14)15/h4-8H,1-2,9H2,3H3. The lowest BCUT2D eigenvalue weighted by Crippen LogP contribution is -2.21. The zero-order valence-electron chi connectivity index (χ0n) is 8.92. The molecule has 15 heavy (non-hydrogen) atoms. The molecule has 0 saturated carbocycles. The van der Waals surface area contributed by atoms with E-state index in [4.69, 9.17) is 0 Å². The van der Waals surface area contributed by atoms with Crippen molar-refractivity contribution in [2.45, 2.75) is 13.3 Å². The largest absolute Gasteiger partial charge is 0.293 e. The van der Waals surface area contributed by atoms with E-state index in [9.17, 15) is 4.79 Å². The van der Waals surface area contributed by atoms with Crippen molar-refractivity contribution in [3.05, 3.63) is 54.6 Å². The molecule has 2 rings (SSSR count). The van der Waals surface area contributed by atoms with E-state index in [1.807, 2.05) is 31.2 Å². The van der Waals surface area contributed by atoms with Gasteiger partial charge in [-0.2, -0.15) is 0 Å². The van der Waals surface area contributed by atoms with Gasteiger partial charge in [0.1, 0.15) is 0 Å². The minimum atomic E-state index is -0.481. The van der Waals surface area contributed by atoms with E-state index >= 15 is 0 Å². The van der Waals surface area contributed by atoms with Crippen molar-refractivity contribution in [3.63, 3.8) is 0 Å². The predicted octanol–water partition coefficient (Wildman–Crippen LogP) is 3.48. The van der Waals surface area contributed by atoms with Gasteiger partial charge in [-0.05, 0) is 24.5 Å².